The maximum absolute atomic E-state index is 13.3. The Morgan fingerprint density at radius 3 is 2.85 bits per heavy atom. The molecule has 1 aromatic heterocycles. The van der Waals surface area contributed by atoms with Gasteiger partial charge in [0.05, 0.1) is 16.5 Å². The Kier molecular flexibility index (Phi) is 4.46. The maximum Gasteiger partial charge on any atom is 0.345 e. The normalized spacial score (nSPS) is 10.3. The molecule has 1 aromatic carbocycles. The highest BCUT2D eigenvalue weighted by Gasteiger charge is 2.08. The average Bonchev–Trinajstić information content (AvgIpc) is 2.40. The SMILES string of the molecule is O=C(CSc1ccnc(=O)[nH]1)Nc1ccc(F)cc1F. The molecule has 0 atom stereocenters. The van der Waals surface area contributed by atoms with Gasteiger partial charge in [-0.05, 0) is 18.2 Å². The molecule has 1 amide bonds. The fraction of sp³-hybridized carbons (Fsp3) is 0.0833. The lowest BCUT2D eigenvalue weighted by Gasteiger charge is -2.06. The molecule has 0 fully saturated rings. The van der Waals surface area contributed by atoms with Crippen molar-refractivity contribution in [1.82, 2.24) is 9.97 Å². The van der Waals surface area contributed by atoms with Gasteiger partial charge in [0, 0.05) is 12.3 Å². The third kappa shape index (κ3) is 3.89. The van der Waals surface area contributed by atoms with Crippen LogP contribution in [0.25, 0.3) is 0 Å². The molecule has 2 N–H and O–H groups in total. The summed E-state index contributed by atoms with van der Waals surface area (Å²) in [6.45, 7) is 0. The first kappa shape index (κ1) is 14.2. The third-order valence-corrected chi connectivity index (χ3v) is 3.17. The fourth-order valence-corrected chi connectivity index (χ4v) is 2.03. The second kappa shape index (κ2) is 6.29. The summed E-state index contributed by atoms with van der Waals surface area (Å²) >= 11 is 1.07. The van der Waals surface area contributed by atoms with Crippen LogP contribution in [0.1, 0.15) is 0 Å². The smallest absolute Gasteiger partial charge is 0.323 e. The van der Waals surface area contributed by atoms with Crippen molar-refractivity contribution < 1.29 is 13.6 Å². The largest absolute Gasteiger partial charge is 0.345 e. The lowest BCUT2D eigenvalue weighted by molar-refractivity contribution is -0.113. The highest BCUT2D eigenvalue weighted by molar-refractivity contribution is 7.99. The average molecular weight is 297 g/mol. The zero-order valence-corrected chi connectivity index (χ0v) is 10.8. The van der Waals surface area contributed by atoms with E-state index in [2.05, 4.69) is 15.3 Å². The van der Waals surface area contributed by atoms with Crippen molar-refractivity contribution in [2.75, 3.05) is 11.1 Å². The highest BCUT2D eigenvalue weighted by Crippen LogP contribution is 2.17. The van der Waals surface area contributed by atoms with Gasteiger partial charge in [0.15, 0.2) is 0 Å². The molecule has 0 saturated heterocycles. The van der Waals surface area contributed by atoms with Crippen LogP contribution < -0.4 is 11.0 Å². The highest BCUT2D eigenvalue weighted by atomic mass is 32.2. The van der Waals surface area contributed by atoms with Crippen molar-refractivity contribution >= 4 is 23.4 Å². The number of anilines is 1. The second-order valence-electron chi connectivity index (χ2n) is 3.70. The summed E-state index contributed by atoms with van der Waals surface area (Å²) < 4.78 is 26.0. The number of rotatable bonds is 4. The van der Waals surface area contributed by atoms with E-state index in [4.69, 9.17) is 0 Å². The molecule has 8 heteroatoms. The molecule has 20 heavy (non-hydrogen) atoms. The molecule has 0 unspecified atom stereocenters. The summed E-state index contributed by atoms with van der Waals surface area (Å²) in [6.07, 6.45) is 1.32. The topological polar surface area (TPSA) is 74.8 Å². The summed E-state index contributed by atoms with van der Waals surface area (Å²) in [5, 5.41) is 2.79. The Morgan fingerprint density at radius 1 is 1.35 bits per heavy atom. The minimum atomic E-state index is -0.847. The number of nitrogens with zero attached hydrogens (tertiary/aromatic N) is 1. The van der Waals surface area contributed by atoms with Crippen LogP contribution in [0.4, 0.5) is 14.5 Å². The standard InChI is InChI=1S/C12H9F2N3O2S/c13-7-1-2-9(8(14)5-7)16-10(18)6-20-11-3-4-15-12(19)17-11/h1-5H,6H2,(H,16,18)(H,15,17,19). The van der Waals surface area contributed by atoms with Crippen molar-refractivity contribution in [2.45, 2.75) is 5.03 Å². The number of hydrogen-bond donors (Lipinski definition) is 2. The fourth-order valence-electron chi connectivity index (χ4n) is 1.36. The number of aromatic nitrogens is 2. The van der Waals surface area contributed by atoms with Gasteiger partial charge in [-0.2, -0.15) is 0 Å². The summed E-state index contributed by atoms with van der Waals surface area (Å²) in [4.78, 5) is 28.4. The Balaban J connectivity index is 1.94. The van der Waals surface area contributed by atoms with Gasteiger partial charge < -0.3 is 10.3 Å². The van der Waals surface area contributed by atoms with Gasteiger partial charge >= 0.3 is 5.69 Å². The van der Waals surface area contributed by atoms with Crippen molar-refractivity contribution in [1.29, 1.82) is 0 Å². The van der Waals surface area contributed by atoms with E-state index in [9.17, 15) is 18.4 Å². The van der Waals surface area contributed by atoms with Gasteiger partial charge in [-0.1, -0.05) is 11.8 Å². The lowest BCUT2D eigenvalue weighted by Crippen LogP contribution is -2.16. The monoisotopic (exact) mass is 297 g/mol. The Bertz CT molecular complexity index is 690. The summed E-state index contributed by atoms with van der Waals surface area (Å²) in [5.74, 6) is -2.07. The Hall–Kier alpha value is -2.22. The quantitative estimate of drug-likeness (QED) is 0.666. The molecule has 0 bridgehead atoms. The van der Waals surface area contributed by atoms with Crippen LogP contribution in [0.3, 0.4) is 0 Å². The number of hydrogen-bond acceptors (Lipinski definition) is 4. The molecule has 0 spiro atoms. The van der Waals surface area contributed by atoms with E-state index in [0.717, 1.165) is 23.9 Å². The van der Waals surface area contributed by atoms with Gasteiger partial charge in [-0.15, -0.1) is 0 Å². The van der Waals surface area contributed by atoms with Crippen LogP contribution in [0.15, 0.2) is 40.3 Å². The van der Waals surface area contributed by atoms with E-state index >= 15 is 0 Å². The minimum Gasteiger partial charge on any atom is -0.323 e. The van der Waals surface area contributed by atoms with E-state index in [1.54, 1.807) is 0 Å². The number of carbonyl (C=O) groups excluding carboxylic acids is 1. The number of thioether (sulfide) groups is 1. The first-order chi connectivity index (χ1) is 9.54. The molecule has 2 aromatic rings. The minimum absolute atomic E-state index is 0.0310. The zero-order valence-electron chi connectivity index (χ0n) is 10.0. The van der Waals surface area contributed by atoms with Crippen molar-refractivity contribution in [3.8, 4) is 0 Å². The number of carbonyl (C=O) groups is 1. The number of benzene rings is 1. The van der Waals surface area contributed by atoms with Crippen LogP contribution >= 0.6 is 11.8 Å². The number of amides is 1. The summed E-state index contributed by atoms with van der Waals surface area (Å²) in [6, 6.07) is 4.41. The molecule has 1 heterocycles. The van der Waals surface area contributed by atoms with Gasteiger partial charge in [0.25, 0.3) is 0 Å². The lowest BCUT2D eigenvalue weighted by atomic mass is 10.3. The van der Waals surface area contributed by atoms with Crippen LogP contribution in [0.5, 0.6) is 0 Å². The van der Waals surface area contributed by atoms with Gasteiger partial charge in [0.2, 0.25) is 5.91 Å². The number of H-pyrrole nitrogens is 1. The molecule has 0 radical (unpaired) electrons. The molecule has 5 nitrogen and oxygen atoms in total. The molecule has 0 aliphatic heterocycles. The van der Waals surface area contributed by atoms with E-state index < -0.39 is 23.2 Å². The predicted octanol–water partition coefficient (Wildman–Crippen LogP) is 1.78. The molecule has 0 saturated carbocycles. The van der Waals surface area contributed by atoms with Crippen LogP contribution in [0.2, 0.25) is 0 Å². The maximum atomic E-state index is 13.3. The van der Waals surface area contributed by atoms with Gasteiger partial charge in [-0.25, -0.2) is 18.6 Å². The van der Waals surface area contributed by atoms with Crippen molar-refractivity contribution in [2.24, 2.45) is 0 Å². The number of nitrogens with one attached hydrogen (secondary N) is 2. The third-order valence-electron chi connectivity index (χ3n) is 2.21. The zero-order chi connectivity index (χ0) is 14.5. The van der Waals surface area contributed by atoms with Crippen molar-refractivity contribution in [3.63, 3.8) is 0 Å². The van der Waals surface area contributed by atoms with Crippen LogP contribution in [0, 0.1) is 11.6 Å². The first-order valence-electron chi connectivity index (χ1n) is 5.47. The number of aromatic amines is 1. The van der Waals surface area contributed by atoms with E-state index in [0.29, 0.717) is 11.1 Å². The van der Waals surface area contributed by atoms with Crippen molar-refractivity contribution in [3.05, 3.63) is 52.6 Å². The number of halogens is 2. The summed E-state index contributed by atoms with van der Waals surface area (Å²) in [7, 11) is 0. The molecule has 2 rings (SSSR count). The van der Waals surface area contributed by atoms with Crippen LogP contribution in [-0.2, 0) is 4.79 Å². The molecule has 104 valence electrons. The van der Waals surface area contributed by atoms with Crippen LogP contribution in [-0.4, -0.2) is 21.6 Å². The first-order valence-corrected chi connectivity index (χ1v) is 6.46. The van der Waals surface area contributed by atoms with E-state index in [1.807, 2.05) is 0 Å². The van der Waals surface area contributed by atoms with Gasteiger partial charge in [0.1, 0.15) is 11.6 Å². The molecule has 0 aliphatic rings. The van der Waals surface area contributed by atoms with E-state index in [-0.39, 0.29) is 11.4 Å². The van der Waals surface area contributed by atoms with Gasteiger partial charge in [-0.3, -0.25) is 4.79 Å². The molecular formula is C12H9F2N3O2S. The second-order valence-corrected chi connectivity index (χ2v) is 4.72. The Morgan fingerprint density at radius 2 is 2.15 bits per heavy atom. The molecular weight excluding hydrogens is 288 g/mol. The summed E-state index contributed by atoms with van der Waals surface area (Å²) in [5.41, 5.74) is -0.611. The predicted molar refractivity (Wildman–Crippen MR) is 70.6 cm³/mol. The Labute approximate surface area is 116 Å². The molecule has 0 aliphatic carbocycles. The van der Waals surface area contributed by atoms with E-state index in [1.165, 1.54) is 12.3 Å².